The van der Waals surface area contributed by atoms with Crippen molar-refractivity contribution in [1.82, 2.24) is 19.1 Å². The number of rotatable bonds is 4. The third-order valence-corrected chi connectivity index (χ3v) is 4.64. The number of methoxy groups -OCH3 is 1. The summed E-state index contributed by atoms with van der Waals surface area (Å²) in [6, 6.07) is 13.3. The first-order valence-electron chi connectivity index (χ1n) is 8.89. The van der Waals surface area contributed by atoms with Crippen LogP contribution in [0.15, 0.2) is 59.8 Å². The van der Waals surface area contributed by atoms with Crippen LogP contribution in [-0.2, 0) is 7.05 Å². The van der Waals surface area contributed by atoms with Gasteiger partial charge in [0.2, 0.25) is 0 Å². The van der Waals surface area contributed by atoms with Gasteiger partial charge in [-0.05, 0) is 42.8 Å². The number of aryl methyl sites for hydroxylation is 1. The lowest BCUT2D eigenvalue weighted by Gasteiger charge is -2.10. The van der Waals surface area contributed by atoms with Crippen LogP contribution in [0.1, 0.15) is 17.1 Å². The second-order valence-electron chi connectivity index (χ2n) is 6.54. The van der Waals surface area contributed by atoms with Crippen molar-refractivity contribution in [2.45, 2.75) is 6.92 Å². The first-order chi connectivity index (χ1) is 13.6. The molecule has 0 fully saturated rings. The molecule has 2 heterocycles. The van der Waals surface area contributed by atoms with Gasteiger partial charge in [0.1, 0.15) is 11.6 Å². The molecule has 0 aliphatic heterocycles. The van der Waals surface area contributed by atoms with Crippen molar-refractivity contribution in [2.24, 2.45) is 7.05 Å². The first-order valence-corrected chi connectivity index (χ1v) is 8.89. The molecule has 0 aliphatic rings. The zero-order valence-corrected chi connectivity index (χ0v) is 16.0. The Morgan fingerprint density at radius 2 is 1.93 bits per heavy atom. The molecule has 6 nitrogen and oxygen atoms in total. The van der Waals surface area contributed by atoms with Crippen molar-refractivity contribution in [3.05, 3.63) is 82.4 Å². The Labute approximate surface area is 162 Å². The van der Waals surface area contributed by atoms with E-state index in [1.54, 1.807) is 31.1 Å². The van der Waals surface area contributed by atoms with Crippen LogP contribution in [0, 0.1) is 6.92 Å². The maximum absolute atomic E-state index is 12.5. The third kappa shape index (κ3) is 3.20. The minimum Gasteiger partial charge on any atom is -0.495 e. The van der Waals surface area contributed by atoms with Crippen molar-refractivity contribution in [3.8, 4) is 11.4 Å². The highest BCUT2D eigenvalue weighted by atomic mass is 16.5. The van der Waals surface area contributed by atoms with Gasteiger partial charge in [-0.15, -0.1) is 0 Å². The van der Waals surface area contributed by atoms with E-state index < -0.39 is 0 Å². The summed E-state index contributed by atoms with van der Waals surface area (Å²) in [5, 5.41) is 0.615. The molecular weight excluding hydrogens is 352 g/mol. The van der Waals surface area contributed by atoms with Crippen molar-refractivity contribution >= 4 is 23.1 Å². The molecule has 0 unspecified atom stereocenters. The molecule has 2 aromatic heterocycles. The van der Waals surface area contributed by atoms with Gasteiger partial charge in [0.05, 0.1) is 35.7 Å². The number of aromatic nitrogens is 4. The van der Waals surface area contributed by atoms with Crippen LogP contribution in [0.2, 0.25) is 0 Å². The fourth-order valence-electron chi connectivity index (χ4n) is 3.12. The lowest BCUT2D eigenvalue weighted by molar-refractivity contribution is 0.413. The molecule has 0 saturated heterocycles. The molecule has 0 radical (unpaired) electrons. The van der Waals surface area contributed by atoms with Crippen LogP contribution in [-0.4, -0.2) is 26.2 Å². The van der Waals surface area contributed by atoms with Crippen LogP contribution < -0.4 is 10.3 Å². The molecule has 6 heteroatoms. The number of para-hydroxylation sites is 1. The topological polar surface area (TPSA) is 61.9 Å². The molecule has 140 valence electrons. The van der Waals surface area contributed by atoms with Crippen LogP contribution in [0.3, 0.4) is 0 Å². The van der Waals surface area contributed by atoms with Gasteiger partial charge in [0.15, 0.2) is 0 Å². The smallest absolute Gasteiger partial charge is 0.261 e. The SMILES string of the molecule is COc1cc(/C=C/c2nc3ccccc3c(=O)n2C)ccc1-n1cnc(C)c1. The van der Waals surface area contributed by atoms with Crippen LogP contribution in [0.5, 0.6) is 5.75 Å². The third-order valence-electron chi connectivity index (χ3n) is 4.64. The van der Waals surface area contributed by atoms with E-state index in [2.05, 4.69) is 9.97 Å². The summed E-state index contributed by atoms with van der Waals surface area (Å²) in [5.41, 5.74) is 3.42. The van der Waals surface area contributed by atoms with E-state index >= 15 is 0 Å². The predicted octanol–water partition coefficient (Wildman–Crippen LogP) is 3.61. The van der Waals surface area contributed by atoms with E-state index in [4.69, 9.17) is 4.74 Å². The normalized spacial score (nSPS) is 11.4. The molecule has 0 bridgehead atoms. The lowest BCUT2D eigenvalue weighted by atomic mass is 10.1. The molecule has 0 saturated carbocycles. The average molecular weight is 372 g/mol. The van der Waals surface area contributed by atoms with Gasteiger partial charge in [-0.2, -0.15) is 0 Å². The number of nitrogens with zero attached hydrogens (tertiary/aromatic N) is 4. The number of fused-ring (bicyclic) bond motifs is 1. The van der Waals surface area contributed by atoms with Gasteiger partial charge in [0, 0.05) is 13.2 Å². The van der Waals surface area contributed by atoms with Crippen molar-refractivity contribution < 1.29 is 4.74 Å². The highest BCUT2D eigenvalue weighted by Crippen LogP contribution is 2.25. The average Bonchev–Trinajstić information content (AvgIpc) is 3.15. The van der Waals surface area contributed by atoms with Crippen molar-refractivity contribution in [1.29, 1.82) is 0 Å². The van der Waals surface area contributed by atoms with Gasteiger partial charge >= 0.3 is 0 Å². The van der Waals surface area contributed by atoms with Gasteiger partial charge in [-0.3, -0.25) is 9.36 Å². The number of hydrogen-bond donors (Lipinski definition) is 0. The van der Waals surface area contributed by atoms with Crippen LogP contribution in [0.4, 0.5) is 0 Å². The van der Waals surface area contributed by atoms with E-state index in [0.717, 1.165) is 22.7 Å². The van der Waals surface area contributed by atoms with Crippen LogP contribution >= 0.6 is 0 Å². The molecule has 4 rings (SSSR count). The zero-order chi connectivity index (χ0) is 19.7. The zero-order valence-electron chi connectivity index (χ0n) is 16.0. The maximum atomic E-state index is 12.5. The minimum atomic E-state index is -0.0614. The van der Waals surface area contributed by atoms with E-state index in [1.807, 2.05) is 66.2 Å². The van der Waals surface area contributed by atoms with Gasteiger partial charge in [-0.25, -0.2) is 9.97 Å². The summed E-state index contributed by atoms with van der Waals surface area (Å²) in [6.07, 6.45) is 7.46. The first kappa shape index (κ1) is 17.7. The van der Waals surface area contributed by atoms with Gasteiger partial charge < -0.3 is 9.30 Å². The lowest BCUT2D eigenvalue weighted by Crippen LogP contribution is -2.20. The fraction of sp³-hybridized carbons (Fsp3) is 0.136. The van der Waals surface area contributed by atoms with E-state index in [1.165, 1.54) is 0 Å². The largest absolute Gasteiger partial charge is 0.495 e. The standard InChI is InChI=1S/C22H20N4O2/c1-15-13-26(14-23-15)19-10-8-16(12-20(19)28-3)9-11-21-24-18-7-5-4-6-17(18)22(27)25(21)2/h4-14H,1-3H3/b11-9+. The molecule has 0 spiro atoms. The number of imidazole rings is 1. The Hall–Kier alpha value is -3.67. The van der Waals surface area contributed by atoms with Crippen LogP contribution in [0.25, 0.3) is 28.7 Å². The van der Waals surface area contributed by atoms with E-state index in [-0.39, 0.29) is 5.56 Å². The molecule has 0 amide bonds. The maximum Gasteiger partial charge on any atom is 0.261 e. The fourth-order valence-corrected chi connectivity index (χ4v) is 3.12. The summed E-state index contributed by atoms with van der Waals surface area (Å²) >= 11 is 0. The minimum absolute atomic E-state index is 0.0614. The highest BCUT2D eigenvalue weighted by molar-refractivity contribution is 5.79. The molecule has 4 aromatic rings. The molecular formula is C22H20N4O2. The van der Waals surface area contributed by atoms with Crippen molar-refractivity contribution in [2.75, 3.05) is 7.11 Å². The second kappa shape index (κ2) is 7.15. The number of hydrogen-bond acceptors (Lipinski definition) is 4. The van der Waals surface area contributed by atoms with Crippen molar-refractivity contribution in [3.63, 3.8) is 0 Å². The molecule has 0 aliphatic carbocycles. The van der Waals surface area contributed by atoms with E-state index in [0.29, 0.717) is 16.7 Å². The molecule has 2 aromatic carbocycles. The summed E-state index contributed by atoms with van der Waals surface area (Å²) in [5.74, 6) is 1.33. The van der Waals surface area contributed by atoms with E-state index in [9.17, 15) is 4.79 Å². The second-order valence-corrected chi connectivity index (χ2v) is 6.54. The Kier molecular flexibility index (Phi) is 4.53. The molecule has 28 heavy (non-hydrogen) atoms. The Balaban J connectivity index is 1.71. The summed E-state index contributed by atoms with van der Waals surface area (Å²) < 4.78 is 9.03. The summed E-state index contributed by atoms with van der Waals surface area (Å²) in [6.45, 7) is 1.95. The molecule has 0 atom stereocenters. The quantitative estimate of drug-likeness (QED) is 0.549. The monoisotopic (exact) mass is 372 g/mol. The molecule has 0 N–H and O–H groups in total. The number of ether oxygens (including phenoxy) is 1. The summed E-state index contributed by atoms with van der Waals surface area (Å²) in [7, 11) is 3.37. The predicted molar refractivity (Wildman–Crippen MR) is 111 cm³/mol. The number of benzene rings is 2. The Morgan fingerprint density at radius 1 is 1.11 bits per heavy atom. The Morgan fingerprint density at radius 3 is 2.68 bits per heavy atom. The van der Waals surface area contributed by atoms with Gasteiger partial charge in [-0.1, -0.05) is 24.3 Å². The summed E-state index contributed by atoms with van der Waals surface area (Å²) in [4.78, 5) is 21.4. The highest BCUT2D eigenvalue weighted by Gasteiger charge is 2.08. The van der Waals surface area contributed by atoms with Gasteiger partial charge in [0.25, 0.3) is 5.56 Å². The Bertz CT molecular complexity index is 1250.